The summed E-state index contributed by atoms with van der Waals surface area (Å²) in [5, 5.41) is 5.32. The van der Waals surface area contributed by atoms with Crippen LogP contribution in [0.15, 0.2) is 30.3 Å². The van der Waals surface area contributed by atoms with E-state index >= 15 is 0 Å². The number of amides is 2. The molecule has 0 aliphatic rings. The van der Waals surface area contributed by atoms with Crippen molar-refractivity contribution in [1.29, 1.82) is 0 Å². The van der Waals surface area contributed by atoms with Gasteiger partial charge in [-0.25, -0.2) is 9.59 Å². The summed E-state index contributed by atoms with van der Waals surface area (Å²) in [7, 11) is 1.29. The molecule has 0 aliphatic carbocycles. The van der Waals surface area contributed by atoms with Crippen molar-refractivity contribution >= 4 is 23.4 Å². The number of urea groups is 1. The lowest BCUT2D eigenvalue weighted by molar-refractivity contribution is 0.0596. The monoisotopic (exact) mass is 287 g/mol. The van der Waals surface area contributed by atoms with Crippen molar-refractivity contribution in [3.63, 3.8) is 0 Å². The molecule has 0 fully saturated rings. The highest BCUT2D eigenvalue weighted by Gasteiger charge is 2.16. The number of rotatable bonds is 3. The Morgan fingerprint density at radius 1 is 1.10 bits per heavy atom. The number of aromatic amines is 1. The number of anilines is 2. The zero-order chi connectivity index (χ0) is 15.4. The van der Waals surface area contributed by atoms with Crippen molar-refractivity contribution in [3.05, 3.63) is 47.3 Å². The minimum Gasteiger partial charge on any atom is -0.464 e. The molecule has 2 aromatic rings. The minimum absolute atomic E-state index is 0.217. The number of H-pyrrole nitrogens is 1. The van der Waals surface area contributed by atoms with Crippen LogP contribution in [0.1, 0.15) is 21.7 Å². The molecule has 2 rings (SSSR count). The van der Waals surface area contributed by atoms with E-state index in [1.165, 1.54) is 7.11 Å². The summed E-state index contributed by atoms with van der Waals surface area (Å²) >= 11 is 0. The highest BCUT2D eigenvalue weighted by atomic mass is 16.5. The maximum Gasteiger partial charge on any atom is 0.356 e. The Morgan fingerprint density at radius 3 is 2.38 bits per heavy atom. The molecule has 0 atom stereocenters. The molecular weight excluding hydrogens is 270 g/mol. The number of benzene rings is 1. The van der Waals surface area contributed by atoms with Gasteiger partial charge in [0.25, 0.3) is 0 Å². The van der Waals surface area contributed by atoms with E-state index in [1.807, 2.05) is 19.1 Å². The molecule has 0 spiro atoms. The summed E-state index contributed by atoms with van der Waals surface area (Å²) in [5.74, 6) is -0.534. The van der Waals surface area contributed by atoms with Crippen molar-refractivity contribution in [2.45, 2.75) is 13.8 Å². The normalized spacial score (nSPS) is 10.0. The van der Waals surface area contributed by atoms with Crippen molar-refractivity contribution in [2.75, 3.05) is 17.7 Å². The van der Waals surface area contributed by atoms with Crippen LogP contribution in [0.25, 0.3) is 0 Å². The highest BCUT2D eigenvalue weighted by Crippen LogP contribution is 2.18. The summed E-state index contributed by atoms with van der Waals surface area (Å²) in [6.45, 7) is 3.75. The molecule has 110 valence electrons. The van der Waals surface area contributed by atoms with Gasteiger partial charge in [0.15, 0.2) is 0 Å². The fraction of sp³-hybridized carbons (Fsp3) is 0.200. The summed E-state index contributed by atoms with van der Waals surface area (Å²) < 4.78 is 4.66. The van der Waals surface area contributed by atoms with Gasteiger partial charge in [0.1, 0.15) is 5.69 Å². The molecule has 0 aliphatic heterocycles. The number of carbonyl (C=O) groups excluding carboxylic acids is 2. The Kier molecular flexibility index (Phi) is 4.27. The van der Waals surface area contributed by atoms with E-state index in [0.717, 1.165) is 11.3 Å². The van der Waals surface area contributed by atoms with Crippen molar-refractivity contribution < 1.29 is 14.3 Å². The summed E-state index contributed by atoms with van der Waals surface area (Å²) in [4.78, 5) is 26.4. The number of methoxy groups -OCH3 is 1. The Hall–Kier alpha value is -2.76. The zero-order valence-electron chi connectivity index (χ0n) is 12.1. The van der Waals surface area contributed by atoms with E-state index in [9.17, 15) is 9.59 Å². The van der Waals surface area contributed by atoms with Crippen molar-refractivity contribution in [1.82, 2.24) is 4.98 Å². The van der Waals surface area contributed by atoms with Gasteiger partial charge in [0, 0.05) is 11.4 Å². The molecular formula is C15H17N3O3. The fourth-order valence-corrected chi connectivity index (χ4v) is 1.87. The molecule has 0 saturated carbocycles. The van der Waals surface area contributed by atoms with Crippen LogP contribution in [0.3, 0.4) is 0 Å². The summed E-state index contributed by atoms with van der Waals surface area (Å²) in [5.41, 5.74) is 3.12. The Bertz CT molecular complexity index is 659. The van der Waals surface area contributed by atoms with Gasteiger partial charge < -0.3 is 20.4 Å². The van der Waals surface area contributed by atoms with E-state index in [1.54, 1.807) is 25.1 Å². The first-order chi connectivity index (χ1) is 9.99. The second kappa shape index (κ2) is 6.13. The third-order valence-electron chi connectivity index (χ3n) is 2.90. The van der Waals surface area contributed by atoms with Crippen LogP contribution in [0.4, 0.5) is 16.2 Å². The lowest BCUT2D eigenvalue weighted by Crippen LogP contribution is -2.20. The van der Waals surface area contributed by atoms with Gasteiger partial charge in [-0.3, -0.25) is 0 Å². The van der Waals surface area contributed by atoms with E-state index in [0.29, 0.717) is 11.4 Å². The number of hydrogen-bond donors (Lipinski definition) is 3. The third kappa shape index (κ3) is 3.62. The fourth-order valence-electron chi connectivity index (χ4n) is 1.87. The smallest absolute Gasteiger partial charge is 0.356 e. The molecule has 1 aromatic heterocycles. The largest absolute Gasteiger partial charge is 0.464 e. The van der Waals surface area contributed by atoms with Crippen LogP contribution in [-0.2, 0) is 4.74 Å². The van der Waals surface area contributed by atoms with E-state index in [-0.39, 0.29) is 5.69 Å². The van der Waals surface area contributed by atoms with Gasteiger partial charge in [-0.1, -0.05) is 17.7 Å². The molecule has 21 heavy (non-hydrogen) atoms. The lowest BCUT2D eigenvalue weighted by atomic mass is 10.2. The minimum atomic E-state index is -0.534. The second-order valence-electron chi connectivity index (χ2n) is 4.68. The molecule has 0 bridgehead atoms. The number of ether oxygens (including phenoxy) is 1. The number of aryl methyl sites for hydroxylation is 2. The number of nitrogens with one attached hydrogen (secondary N) is 3. The maximum atomic E-state index is 12.0. The molecule has 2 amide bonds. The first kappa shape index (κ1) is 14.6. The topological polar surface area (TPSA) is 83.2 Å². The first-order valence-electron chi connectivity index (χ1n) is 6.42. The van der Waals surface area contributed by atoms with E-state index < -0.39 is 12.0 Å². The highest BCUT2D eigenvalue weighted by molar-refractivity contribution is 6.04. The zero-order valence-corrected chi connectivity index (χ0v) is 12.1. The van der Waals surface area contributed by atoms with Gasteiger partial charge in [-0.15, -0.1) is 0 Å². The number of hydrogen-bond acceptors (Lipinski definition) is 3. The molecule has 6 heteroatoms. The standard InChI is InChI=1S/C15H17N3O3/c1-9-4-6-11(7-5-9)17-15(20)18-12-8-10(2)16-13(12)14(19)21-3/h4-8,16H,1-3H3,(H2,17,18,20). The third-order valence-corrected chi connectivity index (χ3v) is 2.90. The summed E-state index contributed by atoms with van der Waals surface area (Å²) in [6.07, 6.45) is 0. The molecule has 3 N–H and O–H groups in total. The van der Waals surface area contributed by atoms with E-state index in [2.05, 4.69) is 20.4 Å². The molecule has 1 heterocycles. The Labute approximate surface area is 122 Å². The molecule has 0 unspecified atom stereocenters. The summed E-state index contributed by atoms with van der Waals surface area (Å²) in [6, 6.07) is 8.65. The van der Waals surface area contributed by atoms with Gasteiger partial charge in [0.05, 0.1) is 12.8 Å². The predicted molar refractivity (Wildman–Crippen MR) is 80.7 cm³/mol. The van der Waals surface area contributed by atoms with Crippen LogP contribution < -0.4 is 10.6 Å². The number of esters is 1. The quantitative estimate of drug-likeness (QED) is 0.759. The molecule has 0 saturated heterocycles. The second-order valence-corrected chi connectivity index (χ2v) is 4.68. The maximum absolute atomic E-state index is 12.0. The number of carbonyl (C=O) groups is 2. The van der Waals surface area contributed by atoms with Crippen LogP contribution in [0.2, 0.25) is 0 Å². The Balaban J connectivity index is 2.09. The van der Waals surface area contributed by atoms with E-state index in [4.69, 9.17) is 0 Å². The van der Waals surface area contributed by atoms with Crippen LogP contribution in [0, 0.1) is 13.8 Å². The molecule has 6 nitrogen and oxygen atoms in total. The predicted octanol–water partition coefficient (Wildman–Crippen LogP) is 3.06. The van der Waals surface area contributed by atoms with Crippen LogP contribution in [0.5, 0.6) is 0 Å². The van der Waals surface area contributed by atoms with Crippen molar-refractivity contribution in [2.24, 2.45) is 0 Å². The average Bonchev–Trinajstić information content (AvgIpc) is 2.81. The molecule has 1 aromatic carbocycles. The molecule has 0 radical (unpaired) electrons. The Morgan fingerprint density at radius 2 is 1.76 bits per heavy atom. The lowest BCUT2D eigenvalue weighted by Gasteiger charge is -2.08. The van der Waals surface area contributed by atoms with Crippen LogP contribution in [-0.4, -0.2) is 24.1 Å². The average molecular weight is 287 g/mol. The van der Waals surface area contributed by atoms with Gasteiger partial charge in [-0.05, 0) is 32.0 Å². The van der Waals surface area contributed by atoms with Gasteiger partial charge in [-0.2, -0.15) is 0 Å². The van der Waals surface area contributed by atoms with Gasteiger partial charge in [0.2, 0.25) is 0 Å². The SMILES string of the molecule is COC(=O)c1[nH]c(C)cc1NC(=O)Nc1ccc(C)cc1. The van der Waals surface area contributed by atoms with Crippen LogP contribution >= 0.6 is 0 Å². The van der Waals surface area contributed by atoms with Crippen molar-refractivity contribution in [3.8, 4) is 0 Å². The number of aromatic nitrogens is 1. The van der Waals surface area contributed by atoms with Gasteiger partial charge >= 0.3 is 12.0 Å². The first-order valence-corrected chi connectivity index (χ1v) is 6.42.